The molecular formula is C13H11IN2O4. The molecule has 2 heterocycles. The number of H-pyrrole nitrogens is 1. The first-order chi connectivity index (χ1) is 9.47. The van der Waals surface area contributed by atoms with Gasteiger partial charge in [-0.15, -0.1) is 0 Å². The van der Waals surface area contributed by atoms with Crippen LogP contribution in [0.4, 0.5) is 0 Å². The summed E-state index contributed by atoms with van der Waals surface area (Å²) < 4.78 is 2.33. The van der Waals surface area contributed by atoms with Crippen LogP contribution in [-0.4, -0.2) is 20.6 Å². The fourth-order valence-electron chi connectivity index (χ4n) is 2.81. The van der Waals surface area contributed by atoms with E-state index in [-0.39, 0.29) is 6.42 Å². The molecule has 0 saturated heterocycles. The highest BCUT2D eigenvalue weighted by Crippen LogP contribution is 2.31. The van der Waals surface area contributed by atoms with Gasteiger partial charge in [-0.25, -0.2) is 0 Å². The number of rotatable bonds is 2. The minimum Gasteiger partial charge on any atom is -0.481 e. The molecule has 0 bridgehead atoms. The predicted octanol–water partition coefficient (Wildman–Crippen LogP) is 1.26. The standard InChI is InChI=1S/C13H11IN2O4/c14-7-3-6-1-2-8(5-10(17)18)16-11(6)9(4-7)15-12(19)13(16)20/h3-4,8H,1-2,5H2,(H,15,19)(H,17,18). The van der Waals surface area contributed by atoms with Gasteiger partial charge < -0.3 is 10.1 Å². The summed E-state index contributed by atoms with van der Waals surface area (Å²) in [4.78, 5) is 37.4. The number of nitrogens with one attached hydrogen (secondary N) is 1. The van der Waals surface area contributed by atoms with Crippen LogP contribution in [0.2, 0.25) is 0 Å². The van der Waals surface area contributed by atoms with E-state index in [1.165, 1.54) is 4.57 Å². The Morgan fingerprint density at radius 3 is 2.90 bits per heavy atom. The molecule has 7 heteroatoms. The minimum absolute atomic E-state index is 0.149. The second-order valence-electron chi connectivity index (χ2n) is 4.88. The highest BCUT2D eigenvalue weighted by Gasteiger charge is 2.26. The maximum absolute atomic E-state index is 12.1. The van der Waals surface area contributed by atoms with Gasteiger partial charge in [0.1, 0.15) is 0 Å². The van der Waals surface area contributed by atoms with E-state index in [4.69, 9.17) is 5.11 Å². The Morgan fingerprint density at radius 2 is 2.20 bits per heavy atom. The third kappa shape index (κ3) is 2.05. The molecule has 0 fully saturated rings. The van der Waals surface area contributed by atoms with Crippen molar-refractivity contribution in [1.82, 2.24) is 9.55 Å². The number of carboxylic acid groups (broad SMARTS) is 1. The Hall–Kier alpha value is -1.64. The third-order valence-corrected chi connectivity index (χ3v) is 4.20. The lowest BCUT2D eigenvalue weighted by Gasteiger charge is -2.26. The van der Waals surface area contributed by atoms with Crippen LogP contribution in [-0.2, 0) is 11.2 Å². The molecule has 0 saturated carbocycles. The third-order valence-electron chi connectivity index (χ3n) is 3.58. The number of halogens is 1. The molecule has 0 aliphatic carbocycles. The van der Waals surface area contributed by atoms with Crippen molar-refractivity contribution in [2.24, 2.45) is 0 Å². The highest BCUT2D eigenvalue weighted by molar-refractivity contribution is 14.1. The van der Waals surface area contributed by atoms with Crippen LogP contribution in [0.5, 0.6) is 0 Å². The van der Waals surface area contributed by atoms with Gasteiger partial charge in [0.2, 0.25) is 0 Å². The number of nitrogens with zero attached hydrogens (tertiary/aromatic N) is 1. The first-order valence-corrected chi connectivity index (χ1v) is 7.24. The lowest BCUT2D eigenvalue weighted by molar-refractivity contribution is -0.138. The van der Waals surface area contributed by atoms with Gasteiger partial charge in [-0.05, 0) is 53.1 Å². The van der Waals surface area contributed by atoms with Crippen LogP contribution in [0.25, 0.3) is 11.0 Å². The molecule has 1 aromatic carbocycles. The van der Waals surface area contributed by atoms with Crippen molar-refractivity contribution in [3.8, 4) is 0 Å². The summed E-state index contributed by atoms with van der Waals surface area (Å²) in [6, 6.07) is 3.30. The number of aromatic amines is 1. The number of aryl methyl sites for hydroxylation is 1. The zero-order valence-corrected chi connectivity index (χ0v) is 12.5. The maximum atomic E-state index is 12.1. The fraction of sp³-hybridized carbons (Fsp3) is 0.308. The van der Waals surface area contributed by atoms with Crippen molar-refractivity contribution in [2.45, 2.75) is 25.3 Å². The minimum atomic E-state index is -0.968. The number of benzene rings is 1. The lowest BCUT2D eigenvalue weighted by Crippen LogP contribution is -2.40. The van der Waals surface area contributed by atoms with Gasteiger partial charge in [-0.2, -0.15) is 0 Å². The molecule has 2 N–H and O–H groups in total. The summed E-state index contributed by atoms with van der Waals surface area (Å²) in [5, 5.41) is 8.97. The van der Waals surface area contributed by atoms with E-state index in [0.717, 1.165) is 9.13 Å². The fourth-order valence-corrected chi connectivity index (χ4v) is 3.49. The second kappa shape index (κ2) is 4.72. The van der Waals surface area contributed by atoms with Crippen LogP contribution in [0.15, 0.2) is 21.7 Å². The lowest BCUT2D eigenvalue weighted by atomic mass is 9.96. The number of carbonyl (C=O) groups is 1. The Labute approximate surface area is 126 Å². The maximum Gasteiger partial charge on any atom is 0.317 e. The summed E-state index contributed by atoms with van der Waals surface area (Å²) in [5.41, 5.74) is 0.842. The summed E-state index contributed by atoms with van der Waals surface area (Å²) in [6.07, 6.45) is 1.11. The van der Waals surface area contributed by atoms with E-state index in [0.29, 0.717) is 23.9 Å². The van der Waals surface area contributed by atoms with E-state index in [1.807, 2.05) is 6.07 Å². The Balaban J connectivity index is 2.39. The summed E-state index contributed by atoms with van der Waals surface area (Å²) in [6.45, 7) is 0. The summed E-state index contributed by atoms with van der Waals surface area (Å²) in [5.74, 6) is -0.968. The molecule has 0 amide bonds. The van der Waals surface area contributed by atoms with Crippen molar-refractivity contribution in [3.05, 3.63) is 42.0 Å². The van der Waals surface area contributed by atoms with Gasteiger partial charge in [0.05, 0.1) is 17.5 Å². The molecular weight excluding hydrogens is 375 g/mol. The summed E-state index contributed by atoms with van der Waals surface area (Å²) >= 11 is 2.15. The average molecular weight is 386 g/mol. The molecule has 6 nitrogen and oxygen atoms in total. The molecule has 1 atom stereocenters. The predicted molar refractivity (Wildman–Crippen MR) is 81.2 cm³/mol. The zero-order chi connectivity index (χ0) is 14.4. The van der Waals surface area contributed by atoms with Crippen LogP contribution in [0, 0.1) is 3.57 Å². The number of hydrogen-bond donors (Lipinski definition) is 2. The van der Waals surface area contributed by atoms with Crippen LogP contribution >= 0.6 is 22.6 Å². The van der Waals surface area contributed by atoms with Crippen molar-refractivity contribution >= 4 is 39.6 Å². The number of aliphatic carboxylic acids is 1. The van der Waals surface area contributed by atoms with Crippen molar-refractivity contribution < 1.29 is 9.90 Å². The number of hydrogen-bond acceptors (Lipinski definition) is 3. The Morgan fingerprint density at radius 1 is 1.45 bits per heavy atom. The normalized spacial score (nSPS) is 17.4. The molecule has 20 heavy (non-hydrogen) atoms. The topological polar surface area (TPSA) is 92.2 Å². The quantitative estimate of drug-likeness (QED) is 0.601. The van der Waals surface area contributed by atoms with E-state index in [9.17, 15) is 14.4 Å². The number of aromatic nitrogens is 2. The van der Waals surface area contributed by atoms with Crippen LogP contribution in [0.1, 0.15) is 24.4 Å². The van der Waals surface area contributed by atoms with Crippen molar-refractivity contribution in [2.75, 3.05) is 0 Å². The molecule has 0 radical (unpaired) electrons. The van der Waals surface area contributed by atoms with Gasteiger partial charge in [0.15, 0.2) is 0 Å². The highest BCUT2D eigenvalue weighted by atomic mass is 127. The molecule has 1 aromatic heterocycles. The Kier molecular flexibility index (Phi) is 3.15. The largest absolute Gasteiger partial charge is 0.481 e. The molecule has 1 aliphatic heterocycles. The second-order valence-corrected chi connectivity index (χ2v) is 6.13. The van der Waals surface area contributed by atoms with Crippen molar-refractivity contribution in [1.29, 1.82) is 0 Å². The van der Waals surface area contributed by atoms with E-state index in [2.05, 4.69) is 27.6 Å². The van der Waals surface area contributed by atoms with Crippen molar-refractivity contribution in [3.63, 3.8) is 0 Å². The van der Waals surface area contributed by atoms with Gasteiger partial charge in [-0.3, -0.25) is 19.0 Å². The molecule has 1 unspecified atom stereocenters. The summed E-state index contributed by atoms with van der Waals surface area (Å²) in [7, 11) is 0. The smallest absolute Gasteiger partial charge is 0.317 e. The molecule has 104 valence electrons. The van der Waals surface area contributed by atoms with Crippen LogP contribution < -0.4 is 11.1 Å². The SMILES string of the molecule is O=C(O)CC1CCc2cc(I)cc3[nH]c(=O)c(=O)n1c23. The molecule has 2 aromatic rings. The zero-order valence-electron chi connectivity index (χ0n) is 10.4. The van der Waals surface area contributed by atoms with E-state index >= 15 is 0 Å². The van der Waals surface area contributed by atoms with Crippen LogP contribution in [0.3, 0.4) is 0 Å². The van der Waals surface area contributed by atoms with E-state index < -0.39 is 23.1 Å². The average Bonchev–Trinajstić information content (AvgIpc) is 2.36. The first-order valence-electron chi connectivity index (χ1n) is 6.16. The molecule has 3 rings (SSSR count). The van der Waals surface area contributed by atoms with Gasteiger partial charge in [-0.1, -0.05) is 0 Å². The molecule has 1 aliphatic rings. The number of carboxylic acids is 1. The van der Waals surface area contributed by atoms with E-state index in [1.54, 1.807) is 6.07 Å². The van der Waals surface area contributed by atoms with Gasteiger partial charge in [0.25, 0.3) is 0 Å². The Bertz CT molecular complexity index is 837. The monoisotopic (exact) mass is 386 g/mol. The van der Waals surface area contributed by atoms with Gasteiger partial charge in [0, 0.05) is 9.61 Å². The first kappa shape index (κ1) is 13.3. The van der Waals surface area contributed by atoms with Gasteiger partial charge >= 0.3 is 17.1 Å². The molecule has 0 spiro atoms.